The zero-order chi connectivity index (χ0) is 13.9. The molecular formula is C10H17NO6. The van der Waals surface area contributed by atoms with Gasteiger partial charge in [-0.3, -0.25) is 4.79 Å². The molecule has 0 heterocycles. The number of aliphatic carboxylic acids is 2. The lowest BCUT2D eigenvalue weighted by Crippen LogP contribution is -2.57. The summed E-state index contributed by atoms with van der Waals surface area (Å²) in [6, 6.07) is 0. The van der Waals surface area contributed by atoms with E-state index in [9.17, 15) is 14.4 Å². The number of esters is 1. The number of carbonyl (C=O) groups is 3. The van der Waals surface area contributed by atoms with E-state index in [-0.39, 0.29) is 0 Å². The molecule has 7 nitrogen and oxygen atoms in total. The molecule has 0 unspecified atom stereocenters. The van der Waals surface area contributed by atoms with Gasteiger partial charge in [-0.1, -0.05) is 0 Å². The molecule has 0 rings (SSSR count). The van der Waals surface area contributed by atoms with Gasteiger partial charge in [-0.15, -0.1) is 0 Å². The third-order valence-electron chi connectivity index (χ3n) is 1.88. The molecule has 0 radical (unpaired) electrons. The highest BCUT2D eigenvalue weighted by Crippen LogP contribution is 2.17. The van der Waals surface area contributed by atoms with Crippen LogP contribution in [0.1, 0.15) is 33.6 Å². The molecule has 0 aliphatic rings. The van der Waals surface area contributed by atoms with Gasteiger partial charge in [-0.2, -0.15) is 0 Å². The van der Waals surface area contributed by atoms with Crippen molar-refractivity contribution in [3.05, 3.63) is 0 Å². The molecule has 0 saturated carbocycles. The average Bonchev–Trinajstić information content (AvgIpc) is 2.10. The Labute approximate surface area is 98.6 Å². The molecule has 0 aliphatic heterocycles. The van der Waals surface area contributed by atoms with Crippen molar-refractivity contribution in [2.24, 2.45) is 5.73 Å². The molecule has 0 amide bonds. The lowest BCUT2D eigenvalue weighted by Gasteiger charge is -2.27. The van der Waals surface area contributed by atoms with Crippen LogP contribution in [0.2, 0.25) is 0 Å². The first-order valence-corrected chi connectivity index (χ1v) is 4.96. The van der Waals surface area contributed by atoms with Crippen LogP contribution in [-0.2, 0) is 19.1 Å². The zero-order valence-electron chi connectivity index (χ0n) is 10.0. The first kappa shape index (κ1) is 15.4. The smallest absolute Gasteiger partial charge is 0.338 e. The van der Waals surface area contributed by atoms with E-state index in [1.807, 2.05) is 0 Å². The molecule has 0 saturated heterocycles. The van der Waals surface area contributed by atoms with Gasteiger partial charge in [-0.05, 0) is 27.2 Å². The monoisotopic (exact) mass is 247 g/mol. The molecule has 17 heavy (non-hydrogen) atoms. The van der Waals surface area contributed by atoms with Crippen molar-refractivity contribution < 1.29 is 29.3 Å². The number of carbonyl (C=O) groups excluding carboxylic acids is 1. The quantitative estimate of drug-likeness (QED) is 0.460. The molecule has 0 aromatic rings. The second kappa shape index (κ2) is 5.13. The fraction of sp³-hybridized carbons (Fsp3) is 0.700. The second-order valence-electron chi connectivity index (χ2n) is 4.67. The molecule has 4 N–H and O–H groups in total. The standard InChI is InChI=1S/C10H17NO6/c1-9(2,3)17-8(16)10(11,7(14)15)5-4-6(12)13/h4-5,11H2,1-3H3,(H,12,13)(H,14,15)/t10-/m0/s1. The van der Waals surface area contributed by atoms with E-state index in [1.165, 1.54) is 0 Å². The number of hydrogen-bond acceptors (Lipinski definition) is 5. The van der Waals surface area contributed by atoms with Crippen LogP contribution in [0, 0.1) is 0 Å². The van der Waals surface area contributed by atoms with Gasteiger partial charge >= 0.3 is 17.9 Å². The minimum Gasteiger partial charge on any atom is -0.481 e. The van der Waals surface area contributed by atoms with E-state index in [1.54, 1.807) is 20.8 Å². The second-order valence-corrected chi connectivity index (χ2v) is 4.67. The molecule has 0 aromatic carbocycles. The summed E-state index contributed by atoms with van der Waals surface area (Å²) in [6.07, 6.45) is -1.05. The topological polar surface area (TPSA) is 127 Å². The largest absolute Gasteiger partial charge is 0.481 e. The Kier molecular flexibility index (Phi) is 4.64. The number of hydrogen-bond donors (Lipinski definition) is 3. The predicted molar refractivity (Wildman–Crippen MR) is 57.3 cm³/mol. The van der Waals surface area contributed by atoms with Crippen molar-refractivity contribution in [2.45, 2.75) is 44.8 Å². The molecule has 0 spiro atoms. The Morgan fingerprint density at radius 1 is 1.18 bits per heavy atom. The summed E-state index contributed by atoms with van der Waals surface area (Å²) in [7, 11) is 0. The molecule has 0 bridgehead atoms. The predicted octanol–water partition coefficient (Wildman–Crippen LogP) is -0.0250. The lowest BCUT2D eigenvalue weighted by molar-refractivity contribution is -0.169. The summed E-state index contributed by atoms with van der Waals surface area (Å²) in [5.41, 5.74) is 2.19. The summed E-state index contributed by atoms with van der Waals surface area (Å²) in [6.45, 7) is 4.68. The Hall–Kier alpha value is -1.63. The van der Waals surface area contributed by atoms with Crippen LogP contribution in [0.25, 0.3) is 0 Å². The van der Waals surface area contributed by atoms with Crippen LogP contribution in [-0.4, -0.2) is 39.3 Å². The van der Waals surface area contributed by atoms with Crippen LogP contribution >= 0.6 is 0 Å². The van der Waals surface area contributed by atoms with E-state index in [2.05, 4.69) is 0 Å². The van der Waals surface area contributed by atoms with Crippen LogP contribution in [0.15, 0.2) is 0 Å². The van der Waals surface area contributed by atoms with Crippen LogP contribution in [0.3, 0.4) is 0 Å². The lowest BCUT2D eigenvalue weighted by atomic mass is 9.94. The summed E-state index contributed by atoms with van der Waals surface area (Å²) < 4.78 is 4.86. The SMILES string of the molecule is CC(C)(C)OC(=O)[C@](N)(CCC(=O)O)C(=O)O. The number of carboxylic acids is 2. The first-order valence-electron chi connectivity index (χ1n) is 4.96. The van der Waals surface area contributed by atoms with Gasteiger partial charge in [0, 0.05) is 6.42 Å². The fourth-order valence-corrected chi connectivity index (χ4v) is 0.970. The van der Waals surface area contributed by atoms with Crippen molar-refractivity contribution >= 4 is 17.9 Å². The van der Waals surface area contributed by atoms with Crippen LogP contribution in [0.4, 0.5) is 0 Å². The van der Waals surface area contributed by atoms with Crippen LogP contribution < -0.4 is 5.73 Å². The molecular weight excluding hydrogens is 230 g/mol. The normalized spacial score (nSPS) is 14.8. The third kappa shape index (κ3) is 4.81. The maximum Gasteiger partial charge on any atom is 0.338 e. The van der Waals surface area contributed by atoms with Gasteiger partial charge < -0.3 is 20.7 Å². The Morgan fingerprint density at radius 3 is 1.94 bits per heavy atom. The average molecular weight is 247 g/mol. The van der Waals surface area contributed by atoms with Gasteiger partial charge in [0.25, 0.3) is 0 Å². The highest BCUT2D eigenvalue weighted by Gasteiger charge is 2.45. The minimum absolute atomic E-state index is 0.521. The molecule has 1 atom stereocenters. The van der Waals surface area contributed by atoms with Gasteiger partial charge in [0.05, 0.1) is 0 Å². The summed E-state index contributed by atoms with van der Waals surface area (Å²) >= 11 is 0. The van der Waals surface area contributed by atoms with E-state index in [0.29, 0.717) is 0 Å². The number of ether oxygens (including phenoxy) is 1. The Bertz CT molecular complexity index is 332. The molecule has 7 heteroatoms. The van der Waals surface area contributed by atoms with Crippen molar-refractivity contribution in [3.63, 3.8) is 0 Å². The van der Waals surface area contributed by atoms with E-state index >= 15 is 0 Å². The summed E-state index contributed by atoms with van der Waals surface area (Å²) in [5.74, 6) is -3.98. The van der Waals surface area contributed by atoms with Crippen LogP contribution in [0.5, 0.6) is 0 Å². The summed E-state index contributed by atoms with van der Waals surface area (Å²) in [5, 5.41) is 17.4. The highest BCUT2D eigenvalue weighted by atomic mass is 16.6. The van der Waals surface area contributed by atoms with Crippen molar-refractivity contribution in [1.82, 2.24) is 0 Å². The minimum atomic E-state index is -2.33. The van der Waals surface area contributed by atoms with Crippen molar-refractivity contribution in [1.29, 1.82) is 0 Å². The Morgan fingerprint density at radius 2 is 1.65 bits per heavy atom. The third-order valence-corrected chi connectivity index (χ3v) is 1.88. The summed E-state index contributed by atoms with van der Waals surface area (Å²) in [4.78, 5) is 32.9. The first-order chi connectivity index (χ1) is 7.49. The Balaban J connectivity index is 4.88. The fourth-order valence-electron chi connectivity index (χ4n) is 0.970. The van der Waals surface area contributed by atoms with E-state index in [0.717, 1.165) is 0 Å². The van der Waals surface area contributed by atoms with Gasteiger partial charge in [0.15, 0.2) is 0 Å². The van der Waals surface area contributed by atoms with Gasteiger partial charge in [0.1, 0.15) is 5.60 Å². The van der Waals surface area contributed by atoms with E-state index < -0.39 is 41.9 Å². The number of rotatable bonds is 5. The zero-order valence-corrected chi connectivity index (χ0v) is 10.0. The van der Waals surface area contributed by atoms with Crippen molar-refractivity contribution in [2.75, 3.05) is 0 Å². The molecule has 98 valence electrons. The molecule has 0 aromatic heterocycles. The maximum atomic E-state index is 11.6. The van der Waals surface area contributed by atoms with Gasteiger partial charge in [0.2, 0.25) is 5.54 Å². The van der Waals surface area contributed by atoms with Gasteiger partial charge in [-0.25, -0.2) is 9.59 Å². The molecule has 0 aliphatic carbocycles. The number of nitrogens with two attached hydrogens (primary N) is 1. The maximum absolute atomic E-state index is 11.6. The van der Waals surface area contributed by atoms with Crippen molar-refractivity contribution in [3.8, 4) is 0 Å². The number of carboxylic acid groups (broad SMARTS) is 2. The van der Waals surface area contributed by atoms with E-state index in [4.69, 9.17) is 20.7 Å². The molecule has 0 fully saturated rings. The highest BCUT2D eigenvalue weighted by molar-refractivity contribution is 6.04.